The molecule has 25 heavy (non-hydrogen) atoms. The largest absolute Gasteiger partial charge is 0.497 e. The molecule has 2 heterocycles. The van der Waals surface area contributed by atoms with Crippen LogP contribution in [0.1, 0.15) is 42.8 Å². The van der Waals surface area contributed by atoms with Crippen LogP contribution in [0.4, 0.5) is 0 Å². The van der Waals surface area contributed by atoms with Gasteiger partial charge in [-0.15, -0.1) is 20.4 Å². The van der Waals surface area contributed by atoms with Crippen molar-refractivity contribution in [3.05, 3.63) is 36.0 Å². The highest BCUT2D eigenvalue weighted by Crippen LogP contribution is 2.41. The molecule has 2 aromatic heterocycles. The Kier molecular flexibility index (Phi) is 4.20. The number of aromatic nitrogens is 5. The first-order valence-corrected chi connectivity index (χ1v) is 9.09. The van der Waals surface area contributed by atoms with Crippen molar-refractivity contribution >= 4 is 11.8 Å². The molecule has 4 rings (SSSR count). The fourth-order valence-corrected chi connectivity index (χ4v) is 3.64. The Balaban J connectivity index is 1.51. The molecular formula is C17H19N5O2S. The fraction of sp³-hybridized carbons (Fsp3) is 0.412. The van der Waals surface area contributed by atoms with Gasteiger partial charge in [0.25, 0.3) is 0 Å². The molecule has 1 atom stereocenters. The highest BCUT2D eigenvalue weighted by molar-refractivity contribution is 7.99. The molecule has 1 aliphatic rings. The monoisotopic (exact) mass is 357 g/mol. The molecule has 7 nitrogen and oxygen atoms in total. The predicted molar refractivity (Wildman–Crippen MR) is 93.6 cm³/mol. The van der Waals surface area contributed by atoms with E-state index in [0.717, 1.165) is 22.3 Å². The lowest BCUT2D eigenvalue weighted by molar-refractivity contribution is 0.415. The van der Waals surface area contributed by atoms with E-state index in [1.54, 1.807) is 18.9 Å². The minimum absolute atomic E-state index is 0.000554. The number of benzene rings is 1. The van der Waals surface area contributed by atoms with Crippen LogP contribution in [0.3, 0.4) is 0 Å². The molecule has 130 valence electrons. The molecule has 0 bridgehead atoms. The summed E-state index contributed by atoms with van der Waals surface area (Å²) in [6.45, 7) is 4.03. The van der Waals surface area contributed by atoms with E-state index in [2.05, 4.69) is 25.0 Å². The topological polar surface area (TPSA) is 78.9 Å². The summed E-state index contributed by atoms with van der Waals surface area (Å²) in [5.41, 5.74) is 0.869. The summed E-state index contributed by atoms with van der Waals surface area (Å²) in [6.07, 6.45) is 2.39. The Bertz CT molecular complexity index is 870. The van der Waals surface area contributed by atoms with Gasteiger partial charge in [-0.3, -0.25) is 0 Å². The Morgan fingerprint density at radius 1 is 1.16 bits per heavy atom. The van der Waals surface area contributed by atoms with Crippen LogP contribution in [0.25, 0.3) is 11.5 Å². The van der Waals surface area contributed by atoms with Crippen molar-refractivity contribution in [1.82, 2.24) is 25.0 Å². The number of hydrogen-bond acceptors (Lipinski definition) is 7. The lowest BCUT2D eigenvalue weighted by Gasteiger charge is -2.09. The van der Waals surface area contributed by atoms with Crippen LogP contribution in [0.15, 0.2) is 33.8 Å². The normalized spacial score (nSPS) is 15.3. The summed E-state index contributed by atoms with van der Waals surface area (Å²) in [4.78, 5) is 0. The van der Waals surface area contributed by atoms with Crippen LogP contribution in [-0.2, 0) is 0 Å². The van der Waals surface area contributed by atoms with Gasteiger partial charge in [0.05, 0.1) is 12.4 Å². The second-order valence-electron chi connectivity index (χ2n) is 6.06. The van der Waals surface area contributed by atoms with Crippen molar-refractivity contribution in [2.75, 3.05) is 7.11 Å². The number of aryl methyl sites for hydroxylation is 1. The lowest BCUT2D eigenvalue weighted by Crippen LogP contribution is -2.00. The highest BCUT2D eigenvalue weighted by atomic mass is 32.2. The number of hydrogen-bond donors (Lipinski definition) is 0. The Labute approximate surface area is 149 Å². The van der Waals surface area contributed by atoms with Crippen molar-refractivity contribution in [2.24, 2.45) is 0 Å². The molecule has 0 unspecified atom stereocenters. The third kappa shape index (κ3) is 3.26. The molecule has 3 aromatic rings. The maximum atomic E-state index is 5.86. The van der Waals surface area contributed by atoms with Gasteiger partial charge in [-0.1, -0.05) is 11.8 Å². The van der Waals surface area contributed by atoms with E-state index in [1.165, 1.54) is 12.8 Å². The fourth-order valence-electron chi connectivity index (χ4n) is 2.64. The van der Waals surface area contributed by atoms with Gasteiger partial charge in [0, 0.05) is 11.6 Å². The van der Waals surface area contributed by atoms with Crippen LogP contribution < -0.4 is 4.74 Å². The van der Waals surface area contributed by atoms with Crippen LogP contribution >= 0.6 is 11.8 Å². The van der Waals surface area contributed by atoms with Crippen molar-refractivity contribution < 1.29 is 9.15 Å². The molecule has 8 heteroatoms. The summed E-state index contributed by atoms with van der Waals surface area (Å²) >= 11 is 1.60. The summed E-state index contributed by atoms with van der Waals surface area (Å²) in [7, 11) is 1.64. The first-order valence-electron chi connectivity index (χ1n) is 8.21. The molecule has 1 fully saturated rings. The van der Waals surface area contributed by atoms with E-state index in [0.29, 0.717) is 17.8 Å². The zero-order chi connectivity index (χ0) is 17.4. The standard InChI is InChI=1S/C17H19N5O2S/c1-10(25-17-21-18-11(2)22(17)13-6-7-13)15-19-20-16(24-15)12-4-8-14(23-3)9-5-12/h4-5,8-10,13H,6-7H2,1-3H3/t10-/m0/s1. The number of methoxy groups -OCH3 is 1. The molecule has 0 spiro atoms. The quantitative estimate of drug-likeness (QED) is 0.620. The average molecular weight is 357 g/mol. The summed E-state index contributed by atoms with van der Waals surface area (Å²) < 4.78 is 13.2. The van der Waals surface area contributed by atoms with Crippen molar-refractivity contribution in [2.45, 2.75) is 43.1 Å². The smallest absolute Gasteiger partial charge is 0.247 e. The van der Waals surface area contributed by atoms with Gasteiger partial charge in [-0.25, -0.2) is 0 Å². The molecule has 1 aromatic carbocycles. The number of nitrogens with zero attached hydrogens (tertiary/aromatic N) is 5. The van der Waals surface area contributed by atoms with E-state index >= 15 is 0 Å². The van der Waals surface area contributed by atoms with Crippen LogP contribution in [0, 0.1) is 6.92 Å². The Morgan fingerprint density at radius 3 is 2.60 bits per heavy atom. The van der Waals surface area contributed by atoms with Crippen LogP contribution in [0.5, 0.6) is 5.75 Å². The molecule has 0 saturated heterocycles. The molecule has 0 radical (unpaired) electrons. The van der Waals surface area contributed by atoms with E-state index in [4.69, 9.17) is 9.15 Å². The molecular weight excluding hydrogens is 338 g/mol. The minimum Gasteiger partial charge on any atom is -0.497 e. The molecule has 1 aliphatic carbocycles. The second-order valence-corrected chi connectivity index (χ2v) is 7.37. The summed E-state index contributed by atoms with van der Waals surface area (Å²) in [5.74, 6) is 2.84. The lowest BCUT2D eigenvalue weighted by atomic mass is 10.2. The maximum absolute atomic E-state index is 5.86. The molecule has 0 aliphatic heterocycles. The predicted octanol–water partition coefficient (Wildman–Crippen LogP) is 3.83. The van der Waals surface area contributed by atoms with Crippen molar-refractivity contribution in [3.63, 3.8) is 0 Å². The summed E-state index contributed by atoms with van der Waals surface area (Å²) in [5, 5.41) is 17.8. The average Bonchev–Trinajstić information content (AvgIpc) is 3.21. The number of thioether (sulfide) groups is 1. The third-order valence-electron chi connectivity index (χ3n) is 4.15. The summed E-state index contributed by atoms with van der Waals surface area (Å²) in [6, 6.07) is 8.10. The van der Waals surface area contributed by atoms with Gasteiger partial charge in [0.15, 0.2) is 5.16 Å². The van der Waals surface area contributed by atoms with Gasteiger partial charge >= 0.3 is 0 Å². The van der Waals surface area contributed by atoms with E-state index < -0.39 is 0 Å². The Morgan fingerprint density at radius 2 is 1.92 bits per heavy atom. The first-order chi connectivity index (χ1) is 12.2. The van der Waals surface area contributed by atoms with Gasteiger partial charge < -0.3 is 13.7 Å². The van der Waals surface area contributed by atoms with E-state index in [1.807, 2.05) is 38.1 Å². The number of ether oxygens (including phenoxy) is 1. The van der Waals surface area contributed by atoms with Gasteiger partial charge in [0.1, 0.15) is 11.6 Å². The highest BCUT2D eigenvalue weighted by Gasteiger charge is 2.29. The SMILES string of the molecule is COc1ccc(-c2nnc([C@H](C)Sc3nnc(C)n3C3CC3)o2)cc1. The second kappa shape index (κ2) is 6.51. The zero-order valence-electron chi connectivity index (χ0n) is 14.3. The van der Waals surface area contributed by atoms with E-state index in [-0.39, 0.29) is 5.25 Å². The third-order valence-corrected chi connectivity index (χ3v) is 5.20. The molecule has 1 saturated carbocycles. The maximum Gasteiger partial charge on any atom is 0.247 e. The zero-order valence-corrected chi connectivity index (χ0v) is 15.2. The van der Waals surface area contributed by atoms with Gasteiger partial charge in [-0.2, -0.15) is 0 Å². The van der Waals surface area contributed by atoms with Crippen LogP contribution in [0.2, 0.25) is 0 Å². The first kappa shape index (κ1) is 16.1. The minimum atomic E-state index is 0.000554. The van der Waals surface area contributed by atoms with E-state index in [9.17, 15) is 0 Å². The molecule has 0 amide bonds. The van der Waals surface area contributed by atoms with Crippen molar-refractivity contribution in [3.8, 4) is 17.2 Å². The van der Waals surface area contributed by atoms with Crippen molar-refractivity contribution in [1.29, 1.82) is 0 Å². The van der Waals surface area contributed by atoms with Gasteiger partial charge in [-0.05, 0) is 51.0 Å². The number of rotatable bonds is 6. The molecule has 0 N–H and O–H groups in total. The Hall–Kier alpha value is -2.35. The van der Waals surface area contributed by atoms with Gasteiger partial charge in [0.2, 0.25) is 11.8 Å². The van der Waals surface area contributed by atoms with Crippen LogP contribution in [-0.4, -0.2) is 32.1 Å².